The molecule has 0 saturated heterocycles. The van der Waals surface area contributed by atoms with Crippen molar-refractivity contribution in [3.05, 3.63) is 23.8 Å². The minimum absolute atomic E-state index is 2.19. The molecule has 0 spiro atoms. The van der Waals surface area contributed by atoms with Crippen LogP contribution in [0.4, 0.5) is 0 Å². The fraction of sp³-hybridized carbons (Fsp3) is 0. The second kappa shape index (κ2) is 4.21. The van der Waals surface area contributed by atoms with E-state index in [2.05, 4.69) is 41.0 Å². The van der Waals surface area contributed by atoms with Crippen molar-refractivity contribution in [2.24, 2.45) is 0 Å². The molecule has 0 rings (SSSR count). The van der Waals surface area contributed by atoms with Crippen molar-refractivity contribution in [3.8, 4) is 0 Å². The van der Waals surface area contributed by atoms with E-state index >= 15 is 0 Å². The van der Waals surface area contributed by atoms with Gasteiger partial charge in [0.1, 0.15) is 0 Å². The molecule has 6 heavy (non-hydrogen) atoms. The first kappa shape index (κ1) is 5.21. The summed E-state index contributed by atoms with van der Waals surface area (Å²) in [6, 6.07) is 0. The average Bonchev–Trinajstić information content (AvgIpc) is 1.61. The van der Waals surface area contributed by atoms with Crippen LogP contribution in [0.3, 0.4) is 0 Å². The van der Waals surface area contributed by atoms with Crippen molar-refractivity contribution in [3.63, 3.8) is 0 Å². The molecule has 0 atom stereocenters. The van der Waals surface area contributed by atoms with Gasteiger partial charge in [0, 0.05) is 10.8 Å². The maximum atomic E-state index is 4.23. The Morgan fingerprint density at radius 2 is 2.00 bits per heavy atom. The van der Waals surface area contributed by atoms with Crippen molar-refractivity contribution in [2.45, 2.75) is 0 Å². The van der Waals surface area contributed by atoms with E-state index in [1.54, 1.807) is 0 Å². The van der Waals surface area contributed by atoms with E-state index in [0.29, 0.717) is 0 Å². The Hall–Kier alpha value is -0.790. The predicted octanol–water partition coefficient (Wildman–Crippen LogP) is 1.24. The first-order chi connectivity index (χ1) is 2.91. The van der Waals surface area contributed by atoms with Crippen LogP contribution in [0.5, 0.6) is 0 Å². The molecule has 0 aliphatic rings. The zero-order valence-corrected chi connectivity index (χ0v) is 3.93. The van der Waals surface area contributed by atoms with Crippen molar-refractivity contribution in [2.75, 3.05) is 0 Å². The molecular formula is C5H2S. The Morgan fingerprint density at radius 3 is 2.17 bits per heavy atom. The predicted molar refractivity (Wildman–Crippen MR) is 28.8 cm³/mol. The van der Waals surface area contributed by atoms with Gasteiger partial charge in [-0.05, 0) is 24.5 Å². The molecular weight excluding hydrogens is 92.1 g/mol. The van der Waals surface area contributed by atoms with Gasteiger partial charge in [-0.1, -0.05) is 5.73 Å². The van der Waals surface area contributed by atoms with Crippen molar-refractivity contribution in [1.82, 2.24) is 0 Å². The molecule has 0 aromatic rings. The van der Waals surface area contributed by atoms with E-state index in [0.717, 1.165) is 0 Å². The summed E-state index contributed by atoms with van der Waals surface area (Å²) in [6.45, 7) is 3.21. The molecule has 0 N–H and O–H groups in total. The summed E-state index contributed by atoms with van der Waals surface area (Å²) in [7, 11) is 0. The summed E-state index contributed by atoms with van der Waals surface area (Å²) in [6.07, 6.45) is 0. The van der Waals surface area contributed by atoms with Crippen LogP contribution >= 0.6 is 12.2 Å². The van der Waals surface area contributed by atoms with Crippen LogP contribution in [0.25, 0.3) is 0 Å². The number of hydrogen-bond acceptors (Lipinski definition) is 1. The van der Waals surface area contributed by atoms with E-state index in [-0.39, 0.29) is 0 Å². The molecule has 0 radical (unpaired) electrons. The summed E-state index contributed by atoms with van der Waals surface area (Å²) < 4.78 is 0. The van der Waals surface area contributed by atoms with E-state index in [4.69, 9.17) is 0 Å². The standard InChI is InChI=1S/C5H2S/c1-2-3-4-5-6/h1H2. The van der Waals surface area contributed by atoms with Crippen LogP contribution in [0.2, 0.25) is 0 Å². The molecule has 0 aliphatic carbocycles. The number of hydrogen-bond donors (Lipinski definition) is 0. The lowest BCUT2D eigenvalue weighted by Gasteiger charge is -1.29. The summed E-state index contributed by atoms with van der Waals surface area (Å²) in [5.74, 6) is 0. The van der Waals surface area contributed by atoms with Gasteiger partial charge in [0.15, 0.2) is 0 Å². The van der Waals surface area contributed by atoms with Gasteiger partial charge in [0.25, 0.3) is 0 Å². The smallest absolute Gasteiger partial charge is 0.0148 e. The summed E-state index contributed by atoms with van der Waals surface area (Å²) in [4.78, 5) is 0. The van der Waals surface area contributed by atoms with Crippen molar-refractivity contribution < 1.29 is 0 Å². The maximum Gasteiger partial charge on any atom is 0.0148 e. The Kier molecular flexibility index (Phi) is 3.66. The lowest BCUT2D eigenvalue weighted by atomic mass is 10.8. The number of rotatable bonds is 0. The van der Waals surface area contributed by atoms with E-state index in [1.165, 1.54) is 0 Å². The molecule has 0 aromatic carbocycles. The lowest BCUT2D eigenvalue weighted by molar-refractivity contribution is 2.34. The summed E-state index contributed by atoms with van der Waals surface area (Å²) in [5, 5.41) is 2.19. The van der Waals surface area contributed by atoms with Gasteiger partial charge in [0.05, 0.1) is 0 Å². The number of thiocarbonyl (C=S) groups is 1. The van der Waals surface area contributed by atoms with E-state index < -0.39 is 0 Å². The average molecular weight is 94.1 g/mol. The van der Waals surface area contributed by atoms with Gasteiger partial charge < -0.3 is 0 Å². The summed E-state index contributed by atoms with van der Waals surface area (Å²) in [5.41, 5.74) is 7.04. The highest BCUT2D eigenvalue weighted by Crippen LogP contribution is 1.41. The molecule has 0 saturated carbocycles. The van der Waals surface area contributed by atoms with E-state index in [9.17, 15) is 0 Å². The first-order valence-corrected chi connectivity index (χ1v) is 1.72. The largest absolute Gasteiger partial charge is 0.0687 e. The quantitative estimate of drug-likeness (QED) is 0.321. The minimum Gasteiger partial charge on any atom is -0.0687 e. The molecule has 0 fully saturated rings. The van der Waals surface area contributed by atoms with Crippen LogP contribution in [-0.2, 0) is 0 Å². The zero-order valence-electron chi connectivity index (χ0n) is 3.12. The molecule has 0 heterocycles. The second-order valence-electron chi connectivity index (χ2n) is 0.529. The SMILES string of the molecule is C=C=C=C=C=S. The fourth-order valence-corrected chi connectivity index (χ4v) is 0.121. The Bertz CT molecular complexity index is 136. The molecule has 0 nitrogen and oxygen atoms in total. The fourth-order valence-electron chi connectivity index (χ4n) is 0.0697. The zero-order chi connectivity index (χ0) is 4.83. The first-order valence-electron chi connectivity index (χ1n) is 1.31. The van der Waals surface area contributed by atoms with Gasteiger partial charge in [0.2, 0.25) is 0 Å². The molecule has 0 bridgehead atoms. The van der Waals surface area contributed by atoms with Gasteiger partial charge >= 0.3 is 0 Å². The third kappa shape index (κ3) is 3.21. The monoisotopic (exact) mass is 94.0 g/mol. The molecule has 0 amide bonds. The third-order valence-electron chi connectivity index (χ3n) is 0.202. The second-order valence-corrected chi connectivity index (χ2v) is 0.733. The molecule has 1 heteroatoms. The molecule has 0 unspecified atom stereocenters. The van der Waals surface area contributed by atoms with Gasteiger partial charge in [-0.25, -0.2) is 0 Å². The van der Waals surface area contributed by atoms with E-state index in [1.807, 2.05) is 0 Å². The van der Waals surface area contributed by atoms with Gasteiger partial charge in [-0.2, -0.15) is 0 Å². The van der Waals surface area contributed by atoms with Crippen LogP contribution in [-0.4, -0.2) is 5.02 Å². The minimum atomic E-state index is 2.19. The lowest BCUT2D eigenvalue weighted by Crippen LogP contribution is -1.20. The van der Waals surface area contributed by atoms with Crippen LogP contribution in [0.1, 0.15) is 0 Å². The van der Waals surface area contributed by atoms with Crippen LogP contribution in [0, 0.1) is 0 Å². The highest BCUT2D eigenvalue weighted by atomic mass is 32.1. The van der Waals surface area contributed by atoms with Gasteiger partial charge in [-0.15, -0.1) is 0 Å². The molecule has 0 aromatic heterocycles. The highest BCUT2D eigenvalue weighted by Gasteiger charge is 1.26. The Morgan fingerprint density at radius 1 is 1.33 bits per heavy atom. The molecule has 28 valence electrons. The third-order valence-corrected chi connectivity index (χ3v) is 0.304. The summed E-state index contributed by atoms with van der Waals surface area (Å²) >= 11 is 4.23. The normalized spacial score (nSPS) is 3.33. The maximum absolute atomic E-state index is 4.23. The Balaban J connectivity index is 4.68. The van der Waals surface area contributed by atoms with Crippen molar-refractivity contribution >= 4 is 17.2 Å². The van der Waals surface area contributed by atoms with Crippen molar-refractivity contribution in [1.29, 1.82) is 0 Å². The highest BCUT2D eigenvalue weighted by molar-refractivity contribution is 7.78. The van der Waals surface area contributed by atoms with Crippen LogP contribution in [0.15, 0.2) is 23.8 Å². The Labute approximate surface area is 41.8 Å². The topological polar surface area (TPSA) is 0 Å². The molecule has 0 aliphatic heterocycles. The van der Waals surface area contributed by atoms with Crippen LogP contribution < -0.4 is 0 Å². The van der Waals surface area contributed by atoms with Gasteiger partial charge in [-0.3, -0.25) is 0 Å².